The van der Waals surface area contributed by atoms with Crippen molar-refractivity contribution in [3.63, 3.8) is 0 Å². The third kappa shape index (κ3) is 3.21. The Labute approximate surface area is 188 Å². The predicted octanol–water partition coefficient (Wildman–Crippen LogP) is 6.96. The Morgan fingerprint density at radius 2 is 1.47 bits per heavy atom. The number of para-hydroxylation sites is 1. The molecule has 32 heavy (non-hydrogen) atoms. The van der Waals surface area contributed by atoms with Crippen LogP contribution in [0.4, 0.5) is 5.69 Å². The van der Waals surface area contributed by atoms with Crippen LogP contribution in [0.1, 0.15) is 51.6 Å². The molecule has 0 spiro atoms. The molecule has 0 aromatic heterocycles. The fourth-order valence-corrected chi connectivity index (χ4v) is 4.64. The molecule has 0 unspecified atom stereocenters. The molecule has 0 atom stereocenters. The Hall–Kier alpha value is -3.72. The van der Waals surface area contributed by atoms with Crippen molar-refractivity contribution in [2.75, 3.05) is 4.90 Å². The van der Waals surface area contributed by atoms with Crippen LogP contribution in [-0.2, 0) is 6.42 Å². The summed E-state index contributed by atoms with van der Waals surface area (Å²) in [6, 6.07) is 25.3. The van der Waals surface area contributed by atoms with Gasteiger partial charge in [0.2, 0.25) is 0 Å². The highest BCUT2D eigenvalue weighted by Crippen LogP contribution is 2.38. The molecule has 0 saturated heterocycles. The maximum absolute atomic E-state index is 13.4. The number of anilines is 1. The van der Waals surface area contributed by atoms with E-state index in [9.17, 15) is 9.59 Å². The number of carbonyl (C=O) groups is 2. The van der Waals surface area contributed by atoms with Gasteiger partial charge in [0.25, 0.3) is 11.8 Å². The van der Waals surface area contributed by atoms with E-state index in [1.807, 2.05) is 48.5 Å². The van der Waals surface area contributed by atoms with E-state index in [0.29, 0.717) is 16.8 Å². The molecule has 3 heteroatoms. The summed E-state index contributed by atoms with van der Waals surface area (Å²) in [5.41, 5.74) is 6.56. The second-order valence-corrected chi connectivity index (χ2v) is 8.41. The van der Waals surface area contributed by atoms with E-state index in [-0.39, 0.29) is 11.8 Å². The van der Waals surface area contributed by atoms with Gasteiger partial charge in [0.1, 0.15) is 0 Å². The molecule has 1 heterocycles. The zero-order valence-electron chi connectivity index (χ0n) is 18.4. The summed E-state index contributed by atoms with van der Waals surface area (Å²) >= 11 is 0. The normalized spacial score (nSPS) is 13.1. The third-order valence-corrected chi connectivity index (χ3v) is 6.38. The fraction of sp³-hybridized carbons (Fsp3) is 0.172. The molecule has 5 rings (SSSR count). The average Bonchev–Trinajstić information content (AvgIpc) is 2.82. The summed E-state index contributed by atoms with van der Waals surface area (Å²) in [5.74, 6) is -0.548. The van der Waals surface area contributed by atoms with Crippen LogP contribution in [0.25, 0.3) is 21.9 Å². The number of aryl methyl sites for hydroxylation is 2. The van der Waals surface area contributed by atoms with Crippen molar-refractivity contribution in [3.05, 3.63) is 101 Å². The van der Waals surface area contributed by atoms with E-state index in [0.717, 1.165) is 41.2 Å². The number of nitrogens with zero attached hydrogens (tertiary/aromatic N) is 1. The maximum atomic E-state index is 13.4. The highest BCUT2D eigenvalue weighted by Gasteiger charge is 2.34. The minimum atomic E-state index is -0.274. The second-order valence-electron chi connectivity index (χ2n) is 8.41. The minimum Gasteiger partial charge on any atom is -0.268 e. The van der Waals surface area contributed by atoms with Gasteiger partial charge >= 0.3 is 0 Å². The number of benzene rings is 4. The standard InChI is InChI=1S/C29H25NO2/c1-3-4-9-20-18-21(15-14-19(20)2)23-16-17-26-27-24(23)12-8-13-25(27)28(31)30(29(26)32)22-10-6-5-7-11-22/h5-8,10-18H,3-4,9H2,1-2H3. The van der Waals surface area contributed by atoms with Gasteiger partial charge in [-0.2, -0.15) is 0 Å². The van der Waals surface area contributed by atoms with Crippen LogP contribution >= 0.6 is 0 Å². The Bertz CT molecular complexity index is 1330. The summed E-state index contributed by atoms with van der Waals surface area (Å²) in [6.45, 7) is 4.36. The van der Waals surface area contributed by atoms with Crippen LogP contribution < -0.4 is 4.90 Å². The van der Waals surface area contributed by atoms with Gasteiger partial charge < -0.3 is 0 Å². The first kappa shape index (κ1) is 20.2. The zero-order valence-corrected chi connectivity index (χ0v) is 18.4. The number of hydrogen-bond donors (Lipinski definition) is 0. The molecule has 0 fully saturated rings. The van der Waals surface area contributed by atoms with Crippen molar-refractivity contribution in [1.29, 1.82) is 0 Å². The van der Waals surface area contributed by atoms with Gasteiger partial charge in [0, 0.05) is 16.5 Å². The van der Waals surface area contributed by atoms with Crippen molar-refractivity contribution < 1.29 is 9.59 Å². The first-order chi connectivity index (χ1) is 15.6. The van der Waals surface area contributed by atoms with Crippen molar-refractivity contribution in [1.82, 2.24) is 0 Å². The summed E-state index contributed by atoms with van der Waals surface area (Å²) in [5, 5.41) is 1.70. The molecule has 0 N–H and O–H groups in total. The van der Waals surface area contributed by atoms with Gasteiger partial charge in [-0.25, -0.2) is 4.90 Å². The van der Waals surface area contributed by atoms with Gasteiger partial charge in [-0.15, -0.1) is 0 Å². The van der Waals surface area contributed by atoms with Crippen molar-refractivity contribution in [2.45, 2.75) is 33.1 Å². The lowest BCUT2D eigenvalue weighted by Crippen LogP contribution is -2.40. The van der Waals surface area contributed by atoms with E-state index in [2.05, 4.69) is 32.0 Å². The van der Waals surface area contributed by atoms with E-state index in [4.69, 9.17) is 0 Å². The SMILES string of the molecule is CCCCc1cc(-c2ccc3c4c(cccc24)C(=O)N(c2ccccc2)C3=O)ccc1C. The largest absolute Gasteiger partial charge is 0.268 e. The van der Waals surface area contributed by atoms with Gasteiger partial charge in [-0.05, 0) is 71.7 Å². The zero-order chi connectivity index (χ0) is 22.2. The fourth-order valence-electron chi connectivity index (χ4n) is 4.64. The van der Waals surface area contributed by atoms with Crippen molar-refractivity contribution in [2.24, 2.45) is 0 Å². The lowest BCUT2D eigenvalue weighted by Gasteiger charge is -2.28. The number of unbranched alkanes of at least 4 members (excludes halogenated alkanes) is 1. The molecule has 4 aromatic carbocycles. The number of amides is 2. The Morgan fingerprint density at radius 3 is 2.22 bits per heavy atom. The summed E-state index contributed by atoms with van der Waals surface area (Å²) < 4.78 is 0. The van der Waals surface area contributed by atoms with Crippen LogP contribution in [0.15, 0.2) is 78.9 Å². The van der Waals surface area contributed by atoms with Crippen LogP contribution in [-0.4, -0.2) is 11.8 Å². The van der Waals surface area contributed by atoms with E-state index in [1.54, 1.807) is 12.1 Å². The van der Waals surface area contributed by atoms with Crippen LogP contribution in [0.3, 0.4) is 0 Å². The first-order valence-electron chi connectivity index (χ1n) is 11.2. The molecule has 0 bridgehead atoms. The molecule has 0 radical (unpaired) electrons. The number of hydrogen-bond acceptors (Lipinski definition) is 2. The molecular weight excluding hydrogens is 394 g/mol. The Morgan fingerprint density at radius 1 is 0.750 bits per heavy atom. The Kier molecular flexibility index (Phi) is 5.10. The molecule has 1 aliphatic rings. The molecule has 2 amide bonds. The predicted molar refractivity (Wildman–Crippen MR) is 130 cm³/mol. The first-order valence-corrected chi connectivity index (χ1v) is 11.2. The van der Waals surface area contributed by atoms with E-state index < -0.39 is 0 Å². The van der Waals surface area contributed by atoms with Crippen molar-refractivity contribution >= 4 is 28.3 Å². The lowest BCUT2D eigenvalue weighted by atomic mass is 9.88. The quantitative estimate of drug-likeness (QED) is 0.328. The van der Waals surface area contributed by atoms with E-state index >= 15 is 0 Å². The molecule has 1 aliphatic heterocycles. The summed E-state index contributed by atoms with van der Waals surface area (Å²) in [7, 11) is 0. The monoisotopic (exact) mass is 419 g/mol. The summed E-state index contributed by atoms with van der Waals surface area (Å²) in [6.07, 6.45) is 3.37. The third-order valence-electron chi connectivity index (χ3n) is 6.38. The molecule has 0 aliphatic carbocycles. The van der Waals surface area contributed by atoms with Crippen molar-refractivity contribution in [3.8, 4) is 11.1 Å². The van der Waals surface area contributed by atoms with Gasteiger partial charge in [-0.3, -0.25) is 9.59 Å². The minimum absolute atomic E-state index is 0.274. The van der Waals surface area contributed by atoms with Crippen LogP contribution in [0, 0.1) is 6.92 Å². The smallest absolute Gasteiger partial charge is 0.265 e. The molecule has 4 aromatic rings. The number of rotatable bonds is 5. The van der Waals surface area contributed by atoms with Gasteiger partial charge in [0.05, 0.1) is 5.69 Å². The second kappa shape index (κ2) is 8.08. The maximum Gasteiger partial charge on any atom is 0.265 e. The van der Waals surface area contributed by atoms with Crippen LogP contribution in [0.2, 0.25) is 0 Å². The summed E-state index contributed by atoms with van der Waals surface area (Å²) in [4.78, 5) is 28.1. The van der Waals surface area contributed by atoms with Gasteiger partial charge in [-0.1, -0.05) is 67.9 Å². The lowest BCUT2D eigenvalue weighted by molar-refractivity contribution is 0.0893. The number of carbonyl (C=O) groups excluding carboxylic acids is 2. The Balaban J connectivity index is 1.68. The van der Waals surface area contributed by atoms with E-state index in [1.165, 1.54) is 16.0 Å². The van der Waals surface area contributed by atoms with Crippen LogP contribution in [0.5, 0.6) is 0 Å². The average molecular weight is 420 g/mol. The topological polar surface area (TPSA) is 37.4 Å². The highest BCUT2D eigenvalue weighted by molar-refractivity contribution is 6.36. The molecule has 3 nitrogen and oxygen atoms in total. The molecule has 158 valence electrons. The van der Waals surface area contributed by atoms with Gasteiger partial charge in [0.15, 0.2) is 0 Å². The highest BCUT2D eigenvalue weighted by atomic mass is 16.2. The number of imide groups is 1. The molecule has 0 saturated carbocycles. The molecular formula is C29H25NO2.